The molecule has 0 unspecified atom stereocenters. The fraction of sp³-hybridized carbons (Fsp3) is 0.316. The fourth-order valence-electron chi connectivity index (χ4n) is 2.94. The molecule has 0 spiro atoms. The van der Waals surface area contributed by atoms with Crippen LogP contribution < -0.4 is 0 Å². The molecule has 0 atom stereocenters. The van der Waals surface area contributed by atoms with Gasteiger partial charge < -0.3 is 4.90 Å². The maximum atomic E-state index is 12.9. The Morgan fingerprint density at radius 2 is 1.71 bits per heavy atom. The molecule has 1 aliphatic heterocycles. The Morgan fingerprint density at radius 1 is 1.00 bits per heavy atom. The Balaban J connectivity index is 1.49. The van der Waals surface area contributed by atoms with Crippen molar-refractivity contribution in [3.63, 3.8) is 0 Å². The van der Waals surface area contributed by atoms with Crippen molar-refractivity contribution in [3.05, 3.63) is 70.5 Å². The first-order valence-electron chi connectivity index (χ1n) is 8.09. The average Bonchev–Trinajstić information content (AvgIpc) is 2.57. The minimum atomic E-state index is -0.277. The van der Waals surface area contributed by atoms with Gasteiger partial charge >= 0.3 is 0 Å². The van der Waals surface area contributed by atoms with Gasteiger partial charge in [-0.15, -0.1) is 0 Å². The van der Waals surface area contributed by atoms with Gasteiger partial charge in [-0.1, -0.05) is 35.9 Å². The van der Waals surface area contributed by atoms with Crippen LogP contribution in [0.2, 0.25) is 5.02 Å². The molecule has 3 nitrogen and oxygen atoms in total. The maximum absolute atomic E-state index is 12.9. The standard InChI is InChI=1S/C19H20ClFN2O/c20-17-3-1-2-16(12-17)14-22-8-10-23(11-9-22)19(24)13-15-4-6-18(21)7-5-15/h1-7,12H,8-11,13-14H2. The number of rotatable bonds is 4. The summed E-state index contributed by atoms with van der Waals surface area (Å²) in [5.41, 5.74) is 2.04. The third kappa shape index (κ3) is 4.56. The van der Waals surface area contributed by atoms with Crippen molar-refractivity contribution >= 4 is 17.5 Å². The number of halogens is 2. The average molecular weight is 347 g/mol. The summed E-state index contributed by atoms with van der Waals surface area (Å²) in [6.45, 7) is 3.99. The molecule has 0 bridgehead atoms. The molecule has 1 fully saturated rings. The van der Waals surface area contributed by atoms with Gasteiger partial charge in [-0.3, -0.25) is 9.69 Å². The van der Waals surface area contributed by atoms with Gasteiger partial charge in [0, 0.05) is 37.7 Å². The molecule has 0 aromatic heterocycles. The van der Waals surface area contributed by atoms with Crippen molar-refractivity contribution in [1.82, 2.24) is 9.80 Å². The van der Waals surface area contributed by atoms with Gasteiger partial charge in [-0.25, -0.2) is 4.39 Å². The summed E-state index contributed by atoms with van der Waals surface area (Å²) in [5, 5.41) is 0.751. The van der Waals surface area contributed by atoms with Crippen molar-refractivity contribution in [1.29, 1.82) is 0 Å². The highest BCUT2D eigenvalue weighted by atomic mass is 35.5. The van der Waals surface area contributed by atoms with E-state index in [0.29, 0.717) is 6.42 Å². The molecule has 1 heterocycles. The molecular weight excluding hydrogens is 327 g/mol. The van der Waals surface area contributed by atoms with Crippen LogP contribution >= 0.6 is 11.6 Å². The lowest BCUT2D eigenvalue weighted by Gasteiger charge is -2.34. The van der Waals surface area contributed by atoms with Crippen molar-refractivity contribution < 1.29 is 9.18 Å². The summed E-state index contributed by atoms with van der Waals surface area (Å²) >= 11 is 6.02. The number of hydrogen-bond donors (Lipinski definition) is 0. The van der Waals surface area contributed by atoms with Crippen molar-refractivity contribution in [2.45, 2.75) is 13.0 Å². The summed E-state index contributed by atoms with van der Waals surface area (Å²) in [6, 6.07) is 14.0. The smallest absolute Gasteiger partial charge is 0.227 e. The molecule has 1 saturated heterocycles. The lowest BCUT2D eigenvalue weighted by Crippen LogP contribution is -2.48. The predicted molar refractivity (Wildman–Crippen MR) is 93.4 cm³/mol. The minimum Gasteiger partial charge on any atom is -0.340 e. The second-order valence-corrected chi connectivity index (χ2v) is 6.53. The Kier molecular flexibility index (Phi) is 5.48. The highest BCUT2D eigenvalue weighted by molar-refractivity contribution is 6.30. The van der Waals surface area contributed by atoms with Gasteiger partial charge in [0.25, 0.3) is 0 Å². The van der Waals surface area contributed by atoms with Crippen LogP contribution in [-0.4, -0.2) is 41.9 Å². The summed E-state index contributed by atoms with van der Waals surface area (Å²) in [5.74, 6) is -0.176. The van der Waals surface area contributed by atoms with Crippen molar-refractivity contribution in [2.24, 2.45) is 0 Å². The summed E-state index contributed by atoms with van der Waals surface area (Å²) < 4.78 is 12.9. The van der Waals surface area contributed by atoms with Gasteiger partial charge in [0.15, 0.2) is 0 Å². The zero-order valence-corrected chi connectivity index (χ0v) is 14.2. The highest BCUT2D eigenvalue weighted by Gasteiger charge is 2.21. The van der Waals surface area contributed by atoms with E-state index in [4.69, 9.17) is 11.6 Å². The number of benzene rings is 2. The molecule has 126 valence electrons. The van der Waals surface area contributed by atoms with Crippen LogP contribution in [0.5, 0.6) is 0 Å². The van der Waals surface area contributed by atoms with E-state index in [9.17, 15) is 9.18 Å². The normalized spacial score (nSPS) is 15.5. The van der Waals surface area contributed by atoms with E-state index in [1.54, 1.807) is 12.1 Å². The van der Waals surface area contributed by atoms with Crippen LogP contribution in [0.3, 0.4) is 0 Å². The van der Waals surface area contributed by atoms with Crippen LogP contribution in [-0.2, 0) is 17.8 Å². The molecule has 0 N–H and O–H groups in total. The zero-order valence-electron chi connectivity index (χ0n) is 13.4. The third-order valence-electron chi connectivity index (χ3n) is 4.29. The summed E-state index contributed by atoms with van der Waals surface area (Å²) in [7, 11) is 0. The van der Waals surface area contributed by atoms with E-state index in [1.807, 2.05) is 23.1 Å². The molecule has 0 radical (unpaired) electrons. The van der Waals surface area contributed by atoms with Gasteiger partial charge in [0.1, 0.15) is 5.82 Å². The quantitative estimate of drug-likeness (QED) is 0.847. The Hall–Kier alpha value is -1.91. The topological polar surface area (TPSA) is 23.6 Å². The molecular formula is C19H20ClFN2O. The van der Waals surface area contributed by atoms with E-state index >= 15 is 0 Å². The number of hydrogen-bond acceptors (Lipinski definition) is 2. The Morgan fingerprint density at radius 3 is 2.38 bits per heavy atom. The van der Waals surface area contributed by atoms with Crippen molar-refractivity contribution in [2.75, 3.05) is 26.2 Å². The number of piperazine rings is 1. The fourth-order valence-corrected chi connectivity index (χ4v) is 3.15. The second kappa shape index (κ2) is 7.77. The molecule has 0 saturated carbocycles. The van der Waals surface area contributed by atoms with Crippen LogP contribution in [0.1, 0.15) is 11.1 Å². The Bertz CT molecular complexity index is 697. The zero-order chi connectivity index (χ0) is 16.9. The van der Waals surface area contributed by atoms with Crippen molar-refractivity contribution in [3.8, 4) is 0 Å². The summed E-state index contributed by atoms with van der Waals surface area (Å²) in [4.78, 5) is 16.6. The van der Waals surface area contributed by atoms with Crippen LogP contribution in [0.15, 0.2) is 48.5 Å². The monoisotopic (exact) mass is 346 g/mol. The molecule has 5 heteroatoms. The van der Waals surface area contributed by atoms with Gasteiger partial charge in [-0.2, -0.15) is 0 Å². The molecule has 24 heavy (non-hydrogen) atoms. The predicted octanol–water partition coefficient (Wildman–Crippen LogP) is 3.37. The number of carbonyl (C=O) groups excluding carboxylic acids is 1. The summed E-state index contributed by atoms with van der Waals surface area (Å²) in [6.07, 6.45) is 0.328. The lowest BCUT2D eigenvalue weighted by atomic mass is 10.1. The lowest BCUT2D eigenvalue weighted by molar-refractivity contribution is -0.132. The van der Waals surface area contributed by atoms with Gasteiger partial charge in [0.05, 0.1) is 6.42 Å². The van der Waals surface area contributed by atoms with E-state index in [2.05, 4.69) is 11.0 Å². The highest BCUT2D eigenvalue weighted by Crippen LogP contribution is 2.14. The van der Waals surface area contributed by atoms with E-state index < -0.39 is 0 Å². The molecule has 1 aliphatic rings. The van der Waals surface area contributed by atoms with Crippen LogP contribution in [0.4, 0.5) is 4.39 Å². The first-order valence-corrected chi connectivity index (χ1v) is 8.47. The van der Waals surface area contributed by atoms with E-state index in [-0.39, 0.29) is 11.7 Å². The number of nitrogens with zero attached hydrogens (tertiary/aromatic N) is 2. The van der Waals surface area contributed by atoms with Crippen LogP contribution in [0.25, 0.3) is 0 Å². The third-order valence-corrected chi connectivity index (χ3v) is 4.52. The van der Waals surface area contributed by atoms with Gasteiger partial charge in [0.2, 0.25) is 5.91 Å². The SMILES string of the molecule is O=C(Cc1ccc(F)cc1)N1CCN(Cc2cccc(Cl)c2)CC1. The van der Waals surface area contributed by atoms with E-state index in [0.717, 1.165) is 43.3 Å². The first-order chi connectivity index (χ1) is 11.6. The van der Waals surface area contributed by atoms with E-state index in [1.165, 1.54) is 17.7 Å². The second-order valence-electron chi connectivity index (χ2n) is 6.09. The molecule has 3 rings (SSSR count). The maximum Gasteiger partial charge on any atom is 0.227 e. The van der Waals surface area contributed by atoms with Gasteiger partial charge in [-0.05, 0) is 35.4 Å². The first kappa shape index (κ1) is 16.9. The molecule has 0 aliphatic carbocycles. The van der Waals surface area contributed by atoms with Crippen LogP contribution in [0, 0.1) is 5.82 Å². The molecule has 2 aromatic carbocycles. The molecule has 2 aromatic rings. The number of carbonyl (C=O) groups is 1. The number of amides is 1. The minimum absolute atomic E-state index is 0.101. The Labute approximate surface area is 146 Å². The largest absolute Gasteiger partial charge is 0.340 e. The molecule has 1 amide bonds.